The molecule has 1 aliphatic heterocycles. The Bertz CT molecular complexity index is 967. The average molecular weight is 430 g/mol. The van der Waals surface area contributed by atoms with Crippen LogP contribution in [-0.2, 0) is 16.4 Å². The van der Waals surface area contributed by atoms with Crippen LogP contribution in [-0.4, -0.2) is 43.4 Å². The molecule has 2 aromatic carbocycles. The second kappa shape index (κ2) is 9.65. The predicted molar refractivity (Wildman–Crippen MR) is 120 cm³/mol. The quantitative estimate of drug-likeness (QED) is 0.623. The molecule has 1 fully saturated rings. The van der Waals surface area contributed by atoms with Crippen molar-refractivity contribution in [2.24, 2.45) is 0 Å². The minimum Gasteiger partial charge on any atom is -0.494 e. The third-order valence-electron chi connectivity index (χ3n) is 5.46. The van der Waals surface area contributed by atoms with Gasteiger partial charge in [-0.2, -0.15) is 0 Å². The van der Waals surface area contributed by atoms with Gasteiger partial charge in [0, 0.05) is 18.2 Å². The zero-order valence-electron chi connectivity index (χ0n) is 18.0. The van der Waals surface area contributed by atoms with Crippen molar-refractivity contribution in [3.05, 3.63) is 65.2 Å². The van der Waals surface area contributed by atoms with E-state index in [0.717, 1.165) is 12.0 Å². The molecule has 0 N–H and O–H groups in total. The first-order valence-electron chi connectivity index (χ1n) is 10.6. The fourth-order valence-electron chi connectivity index (χ4n) is 3.70. The Morgan fingerprint density at radius 1 is 1.17 bits per heavy atom. The number of amides is 1. The van der Waals surface area contributed by atoms with Gasteiger partial charge in [-0.1, -0.05) is 51.1 Å². The molecule has 0 saturated carbocycles. The van der Waals surface area contributed by atoms with E-state index in [1.807, 2.05) is 25.1 Å². The monoisotopic (exact) mass is 429 g/mol. The second-order valence-corrected chi connectivity index (χ2v) is 10.5. The molecule has 0 unspecified atom stereocenters. The molecule has 5 nitrogen and oxygen atoms in total. The summed E-state index contributed by atoms with van der Waals surface area (Å²) >= 11 is 0. The highest BCUT2D eigenvalue weighted by atomic mass is 32.2. The van der Waals surface area contributed by atoms with Gasteiger partial charge in [-0.05, 0) is 48.1 Å². The van der Waals surface area contributed by atoms with E-state index < -0.39 is 9.84 Å². The Kier molecular flexibility index (Phi) is 7.19. The maximum absolute atomic E-state index is 13.4. The minimum atomic E-state index is -3.11. The van der Waals surface area contributed by atoms with Crippen LogP contribution in [0.15, 0.2) is 48.5 Å². The Morgan fingerprint density at radius 2 is 1.90 bits per heavy atom. The number of sulfone groups is 1. The summed E-state index contributed by atoms with van der Waals surface area (Å²) in [5.41, 5.74) is 2.75. The van der Waals surface area contributed by atoms with Crippen LogP contribution in [0.3, 0.4) is 0 Å². The number of ether oxygens (including phenoxy) is 1. The Balaban J connectivity index is 1.86. The van der Waals surface area contributed by atoms with Crippen molar-refractivity contribution in [3.63, 3.8) is 0 Å². The maximum atomic E-state index is 13.4. The van der Waals surface area contributed by atoms with Gasteiger partial charge in [-0.3, -0.25) is 4.79 Å². The first-order valence-corrected chi connectivity index (χ1v) is 12.4. The summed E-state index contributed by atoms with van der Waals surface area (Å²) < 4.78 is 29.9. The third kappa shape index (κ3) is 5.63. The lowest BCUT2D eigenvalue weighted by molar-refractivity contribution is 0.0680. The van der Waals surface area contributed by atoms with Crippen LogP contribution in [0.1, 0.15) is 61.0 Å². The van der Waals surface area contributed by atoms with Crippen molar-refractivity contribution in [1.29, 1.82) is 0 Å². The van der Waals surface area contributed by atoms with Crippen molar-refractivity contribution in [3.8, 4) is 5.75 Å². The first-order chi connectivity index (χ1) is 14.3. The summed E-state index contributed by atoms with van der Waals surface area (Å²) in [6, 6.07) is 15.0. The van der Waals surface area contributed by atoms with Crippen molar-refractivity contribution >= 4 is 15.7 Å². The molecule has 0 spiro atoms. The van der Waals surface area contributed by atoms with E-state index in [0.29, 0.717) is 36.8 Å². The van der Waals surface area contributed by atoms with Gasteiger partial charge >= 0.3 is 0 Å². The minimum absolute atomic E-state index is 0.0227. The standard InChI is InChI=1S/C24H31NO4S/c1-4-13-29-23-7-5-6-21(15-23)24(26)25(22-12-14-30(27,28)17-22)16-19-8-10-20(11-9-19)18(2)3/h5-11,15,18,22H,4,12-14,16-17H2,1-3H3/t22-/m0/s1. The molecule has 0 aromatic heterocycles. The van der Waals surface area contributed by atoms with E-state index in [4.69, 9.17) is 4.74 Å². The van der Waals surface area contributed by atoms with Crippen LogP contribution in [0, 0.1) is 0 Å². The number of carbonyl (C=O) groups excluding carboxylic acids is 1. The molecule has 30 heavy (non-hydrogen) atoms. The van der Waals surface area contributed by atoms with Gasteiger partial charge in [0.25, 0.3) is 5.91 Å². The van der Waals surface area contributed by atoms with Crippen LogP contribution in [0.25, 0.3) is 0 Å². The van der Waals surface area contributed by atoms with Crippen LogP contribution < -0.4 is 4.74 Å². The summed E-state index contributed by atoms with van der Waals surface area (Å²) in [5.74, 6) is 1.08. The summed E-state index contributed by atoms with van der Waals surface area (Å²) in [7, 11) is -3.11. The van der Waals surface area contributed by atoms with Gasteiger partial charge in [0.15, 0.2) is 9.84 Å². The third-order valence-corrected chi connectivity index (χ3v) is 7.21. The Labute approximate surface area is 180 Å². The van der Waals surface area contributed by atoms with E-state index in [-0.39, 0.29) is 23.5 Å². The number of nitrogens with zero attached hydrogens (tertiary/aromatic N) is 1. The highest BCUT2D eigenvalue weighted by Gasteiger charge is 2.35. The Morgan fingerprint density at radius 3 is 2.50 bits per heavy atom. The molecule has 1 saturated heterocycles. The van der Waals surface area contributed by atoms with E-state index in [2.05, 4.69) is 26.0 Å². The maximum Gasteiger partial charge on any atom is 0.254 e. The molecule has 1 amide bonds. The van der Waals surface area contributed by atoms with Gasteiger partial charge < -0.3 is 9.64 Å². The van der Waals surface area contributed by atoms with Crippen molar-refractivity contribution in [1.82, 2.24) is 4.90 Å². The van der Waals surface area contributed by atoms with E-state index in [9.17, 15) is 13.2 Å². The zero-order valence-corrected chi connectivity index (χ0v) is 18.8. The van der Waals surface area contributed by atoms with Crippen LogP contribution in [0.2, 0.25) is 0 Å². The van der Waals surface area contributed by atoms with Crippen LogP contribution >= 0.6 is 0 Å². The van der Waals surface area contributed by atoms with Crippen LogP contribution in [0.5, 0.6) is 5.75 Å². The molecule has 1 aliphatic rings. The van der Waals surface area contributed by atoms with Gasteiger partial charge in [0.2, 0.25) is 0 Å². The normalized spacial score (nSPS) is 17.8. The van der Waals surface area contributed by atoms with Crippen molar-refractivity contribution < 1.29 is 17.9 Å². The molecule has 3 rings (SSSR count). The van der Waals surface area contributed by atoms with Gasteiger partial charge in [-0.25, -0.2) is 8.42 Å². The summed E-state index contributed by atoms with van der Waals surface area (Å²) in [5, 5.41) is 0. The van der Waals surface area contributed by atoms with E-state index >= 15 is 0 Å². The molecular formula is C24H31NO4S. The first kappa shape index (κ1) is 22.3. The number of carbonyl (C=O) groups is 1. The fraction of sp³-hybridized carbons (Fsp3) is 0.458. The van der Waals surface area contributed by atoms with E-state index in [1.165, 1.54) is 5.56 Å². The summed E-state index contributed by atoms with van der Waals surface area (Å²) in [6.45, 7) is 7.29. The van der Waals surface area contributed by atoms with Crippen LogP contribution in [0.4, 0.5) is 0 Å². The highest BCUT2D eigenvalue weighted by Crippen LogP contribution is 2.24. The zero-order chi connectivity index (χ0) is 21.7. The van der Waals surface area contributed by atoms with Gasteiger partial charge in [0.05, 0.1) is 18.1 Å². The largest absolute Gasteiger partial charge is 0.494 e. The average Bonchev–Trinajstić information content (AvgIpc) is 3.10. The lowest BCUT2D eigenvalue weighted by Gasteiger charge is -2.29. The molecule has 0 aliphatic carbocycles. The molecule has 0 radical (unpaired) electrons. The molecule has 1 heterocycles. The molecule has 1 atom stereocenters. The van der Waals surface area contributed by atoms with Gasteiger partial charge in [0.1, 0.15) is 5.75 Å². The fourth-order valence-corrected chi connectivity index (χ4v) is 5.43. The molecule has 2 aromatic rings. The number of hydrogen-bond donors (Lipinski definition) is 0. The molecule has 0 bridgehead atoms. The topological polar surface area (TPSA) is 63.7 Å². The van der Waals surface area contributed by atoms with Crippen molar-refractivity contribution in [2.75, 3.05) is 18.1 Å². The summed E-state index contributed by atoms with van der Waals surface area (Å²) in [6.07, 6.45) is 1.36. The van der Waals surface area contributed by atoms with E-state index in [1.54, 1.807) is 23.1 Å². The molecule has 6 heteroatoms. The molecular weight excluding hydrogens is 398 g/mol. The number of benzene rings is 2. The smallest absolute Gasteiger partial charge is 0.254 e. The SMILES string of the molecule is CCCOc1cccc(C(=O)N(Cc2ccc(C(C)C)cc2)[C@H]2CCS(=O)(=O)C2)c1. The highest BCUT2D eigenvalue weighted by molar-refractivity contribution is 7.91. The lowest BCUT2D eigenvalue weighted by atomic mass is 10.0. The van der Waals surface area contributed by atoms with Gasteiger partial charge in [-0.15, -0.1) is 0 Å². The van der Waals surface area contributed by atoms with Crippen molar-refractivity contribution in [2.45, 2.75) is 52.1 Å². The second-order valence-electron chi connectivity index (χ2n) is 8.26. The lowest BCUT2D eigenvalue weighted by Crippen LogP contribution is -2.40. The predicted octanol–water partition coefficient (Wildman–Crippen LogP) is 4.43. The number of hydrogen-bond acceptors (Lipinski definition) is 4. The number of rotatable bonds is 8. The Hall–Kier alpha value is -2.34. The molecule has 162 valence electrons. The summed E-state index contributed by atoms with van der Waals surface area (Å²) in [4.78, 5) is 15.1.